The van der Waals surface area contributed by atoms with Gasteiger partial charge in [-0.2, -0.15) is 0 Å². The average molecular weight is 331 g/mol. The van der Waals surface area contributed by atoms with Gasteiger partial charge < -0.3 is 9.67 Å². The molecule has 2 N–H and O–H groups in total. The fourth-order valence-electron chi connectivity index (χ4n) is 2.24. The Morgan fingerprint density at radius 2 is 1.95 bits per heavy atom. The zero-order valence-electron chi connectivity index (χ0n) is 13.7. The lowest BCUT2D eigenvalue weighted by Gasteiger charge is -2.14. The van der Waals surface area contributed by atoms with E-state index in [1.54, 1.807) is 11.6 Å². The van der Waals surface area contributed by atoms with Gasteiger partial charge in [0, 0.05) is 25.7 Å². The third-order valence-electron chi connectivity index (χ3n) is 3.31. The lowest BCUT2D eigenvalue weighted by molar-refractivity contribution is -0.142. The topological polar surface area (TPSA) is 101 Å². The minimum absolute atomic E-state index is 0.0765. The van der Waals surface area contributed by atoms with Crippen molar-refractivity contribution in [2.24, 2.45) is 18.9 Å². The van der Waals surface area contributed by atoms with Crippen LogP contribution in [0.4, 0.5) is 0 Å². The number of aryl methyl sites for hydroxylation is 1. The van der Waals surface area contributed by atoms with Crippen molar-refractivity contribution in [3.05, 3.63) is 12.0 Å². The van der Waals surface area contributed by atoms with Gasteiger partial charge in [-0.3, -0.25) is 4.79 Å². The summed E-state index contributed by atoms with van der Waals surface area (Å²) < 4.78 is 28.5. The summed E-state index contributed by atoms with van der Waals surface area (Å²) in [6, 6.07) is 0. The molecule has 7 nitrogen and oxygen atoms in total. The van der Waals surface area contributed by atoms with E-state index in [1.165, 1.54) is 6.20 Å². The number of carbonyl (C=O) groups is 1. The van der Waals surface area contributed by atoms with Crippen molar-refractivity contribution >= 4 is 16.0 Å². The molecule has 0 radical (unpaired) electrons. The Hall–Kier alpha value is -1.41. The van der Waals surface area contributed by atoms with Crippen molar-refractivity contribution in [3.63, 3.8) is 0 Å². The van der Waals surface area contributed by atoms with Crippen molar-refractivity contribution in [3.8, 4) is 0 Å². The molecule has 22 heavy (non-hydrogen) atoms. The molecule has 1 aromatic rings. The van der Waals surface area contributed by atoms with Crippen LogP contribution in [0.5, 0.6) is 0 Å². The zero-order chi connectivity index (χ0) is 17.1. The maximum atomic E-state index is 12.3. The molecule has 1 rings (SSSR count). The quantitative estimate of drug-likeness (QED) is 0.753. The summed E-state index contributed by atoms with van der Waals surface area (Å²) in [5.74, 6) is -0.810. The van der Waals surface area contributed by atoms with E-state index in [1.807, 2.05) is 27.7 Å². The highest BCUT2D eigenvalue weighted by Crippen LogP contribution is 2.17. The Balaban J connectivity index is 2.87. The minimum atomic E-state index is -3.81. The van der Waals surface area contributed by atoms with Crippen LogP contribution >= 0.6 is 0 Å². The average Bonchev–Trinajstić information content (AvgIpc) is 2.76. The Kier molecular flexibility index (Phi) is 6.13. The van der Waals surface area contributed by atoms with Crippen LogP contribution in [0.3, 0.4) is 0 Å². The summed E-state index contributed by atoms with van der Waals surface area (Å²) in [7, 11) is -2.07. The first-order valence-corrected chi connectivity index (χ1v) is 8.78. The van der Waals surface area contributed by atoms with Gasteiger partial charge in [-0.15, -0.1) is 0 Å². The zero-order valence-corrected chi connectivity index (χ0v) is 14.5. The second kappa shape index (κ2) is 7.23. The number of imidazole rings is 1. The molecule has 0 fully saturated rings. The van der Waals surface area contributed by atoms with Crippen molar-refractivity contribution in [2.75, 3.05) is 6.54 Å². The summed E-state index contributed by atoms with van der Waals surface area (Å²) in [5, 5.41) is 9.08. The van der Waals surface area contributed by atoms with E-state index in [2.05, 4.69) is 9.71 Å². The summed E-state index contributed by atoms with van der Waals surface area (Å²) in [5.41, 5.74) is 0. The second-order valence-corrected chi connectivity index (χ2v) is 7.93. The summed E-state index contributed by atoms with van der Waals surface area (Å²) in [6.07, 6.45) is 1.85. The number of aromatic nitrogens is 2. The van der Waals surface area contributed by atoms with Crippen LogP contribution in [-0.4, -0.2) is 35.6 Å². The minimum Gasteiger partial charge on any atom is -0.481 e. The number of nitrogens with zero attached hydrogens (tertiary/aromatic N) is 2. The Morgan fingerprint density at radius 3 is 2.36 bits per heavy atom. The first kappa shape index (κ1) is 18.6. The SMILES string of the molecule is CC(C)CC(CNS(=O)(=O)c1cn(C)c(C(C)C)n1)C(=O)O. The largest absolute Gasteiger partial charge is 0.481 e. The highest BCUT2D eigenvalue weighted by molar-refractivity contribution is 7.89. The summed E-state index contributed by atoms with van der Waals surface area (Å²) >= 11 is 0. The highest BCUT2D eigenvalue weighted by Gasteiger charge is 2.25. The monoisotopic (exact) mass is 331 g/mol. The fraction of sp³-hybridized carbons (Fsp3) is 0.714. The van der Waals surface area contributed by atoms with E-state index in [0.717, 1.165) is 0 Å². The standard InChI is InChI=1S/C14H25N3O4S/c1-9(2)6-11(14(18)19)7-15-22(20,21)12-8-17(5)13(16-12)10(3)4/h8-11,15H,6-7H2,1-5H3,(H,18,19). The van der Waals surface area contributed by atoms with E-state index in [9.17, 15) is 13.2 Å². The van der Waals surface area contributed by atoms with Crippen molar-refractivity contribution in [2.45, 2.75) is 45.1 Å². The molecule has 0 aliphatic carbocycles. The molecule has 1 aromatic heterocycles. The number of hydrogen-bond donors (Lipinski definition) is 2. The van der Waals surface area contributed by atoms with E-state index in [4.69, 9.17) is 5.11 Å². The van der Waals surface area contributed by atoms with Gasteiger partial charge in [0.05, 0.1) is 5.92 Å². The van der Waals surface area contributed by atoms with Crippen LogP contribution in [0, 0.1) is 11.8 Å². The van der Waals surface area contributed by atoms with Gasteiger partial charge in [0.2, 0.25) is 0 Å². The molecule has 1 unspecified atom stereocenters. The predicted octanol–water partition coefficient (Wildman–Crippen LogP) is 1.57. The molecule has 0 amide bonds. The number of nitrogens with one attached hydrogen (secondary N) is 1. The van der Waals surface area contributed by atoms with Gasteiger partial charge in [-0.25, -0.2) is 18.1 Å². The predicted molar refractivity (Wildman–Crippen MR) is 83.1 cm³/mol. The third kappa shape index (κ3) is 4.81. The van der Waals surface area contributed by atoms with Gasteiger partial charge in [0.25, 0.3) is 10.0 Å². The van der Waals surface area contributed by atoms with Crippen LogP contribution in [0.15, 0.2) is 11.2 Å². The highest BCUT2D eigenvalue weighted by atomic mass is 32.2. The molecule has 0 aliphatic rings. The number of hydrogen-bond acceptors (Lipinski definition) is 4. The molecule has 1 atom stereocenters. The van der Waals surface area contributed by atoms with Crippen LogP contribution in [0.1, 0.15) is 45.9 Å². The summed E-state index contributed by atoms with van der Waals surface area (Å²) in [6.45, 7) is 7.52. The Bertz CT molecular complexity index is 620. The van der Waals surface area contributed by atoms with E-state index in [0.29, 0.717) is 12.2 Å². The van der Waals surface area contributed by atoms with Crippen LogP contribution < -0.4 is 4.72 Å². The van der Waals surface area contributed by atoms with Gasteiger partial charge in [-0.05, 0) is 12.3 Å². The first-order valence-electron chi connectivity index (χ1n) is 7.30. The van der Waals surface area contributed by atoms with Crippen molar-refractivity contribution in [1.29, 1.82) is 0 Å². The molecule has 1 heterocycles. The first-order chi connectivity index (χ1) is 10.0. The maximum Gasteiger partial charge on any atom is 0.307 e. The molecule has 0 spiro atoms. The van der Waals surface area contributed by atoms with Crippen LogP contribution in [0.2, 0.25) is 0 Å². The van der Waals surface area contributed by atoms with E-state index >= 15 is 0 Å². The van der Waals surface area contributed by atoms with Crippen LogP contribution in [0.25, 0.3) is 0 Å². The molecule has 0 saturated carbocycles. The molecule has 8 heteroatoms. The fourth-order valence-corrected chi connectivity index (χ4v) is 3.32. The van der Waals surface area contributed by atoms with Gasteiger partial charge >= 0.3 is 5.97 Å². The lowest BCUT2D eigenvalue weighted by atomic mass is 9.98. The molecule has 0 saturated heterocycles. The molecular formula is C14H25N3O4S. The Labute approximate surface area is 131 Å². The molecular weight excluding hydrogens is 306 g/mol. The van der Waals surface area contributed by atoms with E-state index < -0.39 is 21.9 Å². The normalized spacial score (nSPS) is 13.8. The van der Waals surface area contributed by atoms with Crippen molar-refractivity contribution < 1.29 is 18.3 Å². The number of carboxylic acids is 1. The van der Waals surface area contributed by atoms with Gasteiger partial charge in [0.1, 0.15) is 5.82 Å². The van der Waals surface area contributed by atoms with Gasteiger partial charge in [0.15, 0.2) is 5.03 Å². The number of carboxylic acid groups (broad SMARTS) is 1. The molecule has 126 valence electrons. The number of sulfonamides is 1. The smallest absolute Gasteiger partial charge is 0.307 e. The van der Waals surface area contributed by atoms with Gasteiger partial charge in [-0.1, -0.05) is 27.7 Å². The van der Waals surface area contributed by atoms with Crippen molar-refractivity contribution in [1.82, 2.24) is 14.3 Å². The molecule has 0 aliphatic heterocycles. The maximum absolute atomic E-state index is 12.3. The molecule has 0 bridgehead atoms. The molecule has 0 aromatic carbocycles. The van der Waals surface area contributed by atoms with E-state index in [-0.39, 0.29) is 23.4 Å². The second-order valence-electron chi connectivity index (χ2n) is 6.22. The number of aliphatic carboxylic acids is 1. The van der Waals surface area contributed by atoms with Crippen LogP contribution in [-0.2, 0) is 21.9 Å². The summed E-state index contributed by atoms with van der Waals surface area (Å²) in [4.78, 5) is 15.3. The Morgan fingerprint density at radius 1 is 1.36 bits per heavy atom. The lowest BCUT2D eigenvalue weighted by Crippen LogP contribution is -2.33. The number of rotatable bonds is 8. The third-order valence-corrected chi connectivity index (χ3v) is 4.60.